The van der Waals surface area contributed by atoms with Crippen LogP contribution < -0.4 is 5.32 Å². The van der Waals surface area contributed by atoms with Gasteiger partial charge in [-0.25, -0.2) is 0 Å². The van der Waals surface area contributed by atoms with Crippen molar-refractivity contribution < 1.29 is 32.3 Å². The van der Waals surface area contributed by atoms with Crippen LogP contribution >= 0.6 is 0 Å². The number of alkyl halides is 3. The molecule has 0 bridgehead atoms. The van der Waals surface area contributed by atoms with Crippen LogP contribution in [0.5, 0.6) is 0 Å². The van der Waals surface area contributed by atoms with Crippen LogP contribution in [0.2, 0.25) is 0 Å². The van der Waals surface area contributed by atoms with Crippen LogP contribution in [0, 0.1) is 0 Å². The molecule has 0 aromatic heterocycles. The zero-order valence-electron chi connectivity index (χ0n) is 23.6. The zero-order valence-corrected chi connectivity index (χ0v) is 23.6. The third-order valence-corrected chi connectivity index (χ3v) is 8.06. The number of halogens is 3. The highest BCUT2D eigenvalue weighted by Gasteiger charge is 2.46. The summed E-state index contributed by atoms with van der Waals surface area (Å²) in [7, 11) is 3.00. The number of aliphatic imine (C=N–C) groups is 1. The van der Waals surface area contributed by atoms with Crippen molar-refractivity contribution in [3.8, 4) is 0 Å². The molecule has 41 heavy (non-hydrogen) atoms. The van der Waals surface area contributed by atoms with Crippen LogP contribution in [0.25, 0.3) is 0 Å². The molecule has 2 atom stereocenters. The van der Waals surface area contributed by atoms with Crippen LogP contribution in [0.1, 0.15) is 80.0 Å². The Hall–Kier alpha value is -3.53. The molecule has 2 amide bonds. The first-order chi connectivity index (χ1) is 19.5. The summed E-state index contributed by atoms with van der Waals surface area (Å²) in [5, 5.41) is 2.91. The van der Waals surface area contributed by atoms with Crippen molar-refractivity contribution in [2.24, 2.45) is 4.99 Å². The van der Waals surface area contributed by atoms with Crippen molar-refractivity contribution >= 4 is 23.3 Å². The topological polar surface area (TPSA) is 88.1 Å². The van der Waals surface area contributed by atoms with Gasteiger partial charge in [0.2, 0.25) is 11.8 Å². The van der Waals surface area contributed by atoms with Gasteiger partial charge in [0, 0.05) is 38.1 Å². The molecule has 1 aliphatic carbocycles. The Bertz CT molecular complexity index is 1300. The molecule has 1 saturated carbocycles. The Morgan fingerprint density at radius 1 is 1.10 bits per heavy atom. The molecule has 1 aliphatic heterocycles. The number of hydrogen-bond acceptors (Lipinski definition) is 5. The van der Waals surface area contributed by atoms with Crippen molar-refractivity contribution in [3.63, 3.8) is 0 Å². The van der Waals surface area contributed by atoms with Gasteiger partial charge in [0.15, 0.2) is 11.9 Å². The number of nitrogens with zero attached hydrogens (tertiary/aromatic N) is 2. The van der Waals surface area contributed by atoms with Crippen LogP contribution in [-0.4, -0.2) is 60.7 Å². The van der Waals surface area contributed by atoms with E-state index in [0.717, 1.165) is 30.5 Å². The predicted molar refractivity (Wildman–Crippen MR) is 149 cm³/mol. The molecular formula is C31H36F3N3O4. The number of carbonyl (C=O) groups excluding carboxylic acids is 3. The Balaban J connectivity index is 1.79. The highest BCUT2D eigenvalue weighted by Crippen LogP contribution is 2.35. The van der Waals surface area contributed by atoms with E-state index in [4.69, 9.17) is 9.73 Å². The number of rotatable bonds is 7. The number of likely N-dealkylation sites (N-methyl/N-ethyl adjacent to an activating group) is 1. The van der Waals surface area contributed by atoms with Crippen LogP contribution in [0.4, 0.5) is 13.2 Å². The molecular weight excluding hydrogens is 535 g/mol. The average Bonchev–Trinajstić information content (AvgIpc) is 3.44. The number of Topliss-reactive ketones (excluding diaryl/α,β-unsaturated/α-hetero) is 1. The van der Waals surface area contributed by atoms with E-state index < -0.39 is 29.4 Å². The minimum absolute atomic E-state index is 0.0317. The lowest BCUT2D eigenvalue weighted by atomic mass is 9.88. The lowest BCUT2D eigenvalue weighted by molar-refractivity contribution is -0.145. The van der Waals surface area contributed by atoms with E-state index in [0.29, 0.717) is 36.1 Å². The van der Waals surface area contributed by atoms with Gasteiger partial charge in [0.25, 0.3) is 0 Å². The lowest BCUT2D eigenvalue weighted by Crippen LogP contribution is -2.60. The second-order valence-electron chi connectivity index (χ2n) is 10.9. The van der Waals surface area contributed by atoms with Crippen molar-refractivity contribution in [2.45, 2.75) is 75.7 Å². The van der Waals surface area contributed by atoms with Gasteiger partial charge >= 0.3 is 6.18 Å². The van der Waals surface area contributed by atoms with Gasteiger partial charge in [-0.15, -0.1) is 0 Å². The maximum Gasteiger partial charge on any atom is 0.416 e. The highest BCUT2D eigenvalue weighted by atomic mass is 19.4. The first-order valence-electron chi connectivity index (χ1n) is 13.9. The first kappa shape index (κ1) is 30.4. The maximum atomic E-state index is 14.0. The summed E-state index contributed by atoms with van der Waals surface area (Å²) in [5.41, 5.74) is 0.411. The monoisotopic (exact) mass is 571 g/mol. The largest absolute Gasteiger partial charge is 0.416 e. The normalized spacial score (nSPS) is 22.0. The van der Waals surface area contributed by atoms with Crippen molar-refractivity contribution in [3.05, 3.63) is 70.8 Å². The summed E-state index contributed by atoms with van der Waals surface area (Å²) < 4.78 is 45.0. The number of nitrogens with one attached hydrogen (secondary N) is 1. The second kappa shape index (κ2) is 12.5. The zero-order chi connectivity index (χ0) is 29.8. The van der Waals surface area contributed by atoms with E-state index in [1.165, 1.54) is 31.2 Å². The summed E-state index contributed by atoms with van der Waals surface area (Å²) in [6.07, 6.45) is -2.58. The van der Waals surface area contributed by atoms with E-state index in [1.54, 1.807) is 0 Å². The fraction of sp³-hybridized carbons (Fsp3) is 0.484. The Labute approximate surface area is 238 Å². The third-order valence-electron chi connectivity index (χ3n) is 8.06. The minimum Gasteiger partial charge on any atom is -0.384 e. The van der Waals surface area contributed by atoms with Gasteiger partial charge < -0.3 is 15.0 Å². The number of benzene rings is 2. The molecule has 0 radical (unpaired) electrons. The number of carbonyl (C=O) groups is 3. The molecule has 0 spiro atoms. The SMILES string of the molecule is COCCC(=O)NC1(C(=O)N(C)C2/N=C(/c3ccc(C(F)(F)F)cc3)c3ccccc3C(C)CCC2=O)CCCC1. The number of ether oxygens (including phenoxy) is 1. The molecule has 2 aromatic rings. The smallest absolute Gasteiger partial charge is 0.384 e. The first-order valence-corrected chi connectivity index (χ1v) is 13.9. The summed E-state index contributed by atoms with van der Waals surface area (Å²) in [6, 6.07) is 12.1. The summed E-state index contributed by atoms with van der Waals surface area (Å²) >= 11 is 0. The predicted octanol–water partition coefficient (Wildman–Crippen LogP) is 5.26. The number of ketones is 1. The molecule has 1 N–H and O–H groups in total. The van der Waals surface area contributed by atoms with Gasteiger partial charge in [-0.1, -0.05) is 56.2 Å². The standard InChI is InChI=1S/C31H36F3N3O4/c1-20-10-15-25(38)28(37(2)29(40)30(17-6-7-18-30)36-26(39)16-19-41-3)35-27(24-9-5-4-8-23(20)24)21-11-13-22(14-12-21)31(32,33)34/h4-5,8-9,11-14,20,28H,6-7,10,15-19H2,1-3H3,(H,36,39)/b35-27-. The van der Waals surface area contributed by atoms with E-state index >= 15 is 0 Å². The number of fused-ring (bicyclic) bond motifs is 1. The van der Waals surface area contributed by atoms with E-state index in [9.17, 15) is 27.6 Å². The quantitative estimate of drug-likeness (QED) is 0.491. The Morgan fingerprint density at radius 3 is 2.39 bits per heavy atom. The molecule has 7 nitrogen and oxygen atoms in total. The average molecular weight is 572 g/mol. The van der Waals surface area contributed by atoms with E-state index in [-0.39, 0.29) is 37.1 Å². The van der Waals surface area contributed by atoms with Crippen LogP contribution in [0.15, 0.2) is 53.5 Å². The number of methoxy groups -OCH3 is 1. The molecule has 4 rings (SSSR count). The van der Waals surface area contributed by atoms with Crippen molar-refractivity contribution in [2.75, 3.05) is 20.8 Å². The van der Waals surface area contributed by atoms with Crippen LogP contribution in [0.3, 0.4) is 0 Å². The molecule has 1 heterocycles. The van der Waals surface area contributed by atoms with Gasteiger partial charge in [0.1, 0.15) is 5.54 Å². The van der Waals surface area contributed by atoms with Gasteiger partial charge in [-0.05, 0) is 42.9 Å². The van der Waals surface area contributed by atoms with Gasteiger partial charge in [0.05, 0.1) is 17.9 Å². The summed E-state index contributed by atoms with van der Waals surface area (Å²) in [4.78, 5) is 46.5. The van der Waals surface area contributed by atoms with Crippen molar-refractivity contribution in [1.82, 2.24) is 10.2 Å². The molecule has 2 unspecified atom stereocenters. The molecule has 220 valence electrons. The van der Waals surface area contributed by atoms with E-state index in [2.05, 4.69) is 5.32 Å². The maximum absolute atomic E-state index is 14.0. The summed E-state index contributed by atoms with van der Waals surface area (Å²) in [6.45, 7) is 2.21. The van der Waals surface area contributed by atoms with Gasteiger partial charge in [-0.3, -0.25) is 19.4 Å². The van der Waals surface area contributed by atoms with E-state index in [1.807, 2.05) is 31.2 Å². The van der Waals surface area contributed by atoms with Gasteiger partial charge in [-0.2, -0.15) is 13.2 Å². The molecule has 10 heteroatoms. The Kier molecular flexibility index (Phi) is 9.31. The highest BCUT2D eigenvalue weighted by molar-refractivity contribution is 6.15. The molecule has 1 fully saturated rings. The second-order valence-corrected chi connectivity index (χ2v) is 10.9. The fourth-order valence-corrected chi connectivity index (χ4v) is 5.74. The number of hydrogen-bond donors (Lipinski definition) is 1. The summed E-state index contributed by atoms with van der Waals surface area (Å²) in [5.74, 6) is -1.03. The fourth-order valence-electron chi connectivity index (χ4n) is 5.74. The Morgan fingerprint density at radius 2 is 1.76 bits per heavy atom. The minimum atomic E-state index is -4.50. The number of amides is 2. The van der Waals surface area contributed by atoms with Crippen LogP contribution in [-0.2, 0) is 25.3 Å². The lowest BCUT2D eigenvalue weighted by Gasteiger charge is -2.35. The van der Waals surface area contributed by atoms with Crippen molar-refractivity contribution in [1.29, 1.82) is 0 Å². The molecule has 2 aliphatic rings. The molecule has 0 saturated heterocycles. The third kappa shape index (κ3) is 6.69. The molecule has 2 aromatic carbocycles.